The molecule has 1 saturated carbocycles. The number of piperidine rings is 2. The fraction of sp³-hybridized carbons (Fsp3) is 0.842. The highest BCUT2D eigenvalue weighted by molar-refractivity contribution is 5.92. The lowest BCUT2D eigenvalue weighted by atomic mass is 9.48. The van der Waals surface area contributed by atoms with Crippen molar-refractivity contribution >= 4 is 5.78 Å². The molecule has 5 fully saturated rings. The highest BCUT2D eigenvalue weighted by Crippen LogP contribution is 2.61. The molecule has 4 heterocycles. The van der Waals surface area contributed by atoms with E-state index in [2.05, 4.69) is 43.6 Å². The lowest BCUT2D eigenvalue weighted by molar-refractivity contribution is -0.193. The van der Waals surface area contributed by atoms with E-state index in [4.69, 9.17) is 0 Å². The van der Waals surface area contributed by atoms with Gasteiger partial charge in [0, 0.05) is 26.2 Å². The summed E-state index contributed by atoms with van der Waals surface area (Å²) in [7, 11) is 0. The van der Waals surface area contributed by atoms with Crippen molar-refractivity contribution in [1.82, 2.24) is 9.80 Å². The van der Waals surface area contributed by atoms with Gasteiger partial charge in [-0.1, -0.05) is 33.8 Å². The van der Waals surface area contributed by atoms with Crippen molar-refractivity contribution in [2.24, 2.45) is 28.1 Å². The van der Waals surface area contributed by atoms with E-state index in [1.807, 2.05) is 0 Å². The predicted octanol–water partition coefficient (Wildman–Crippen LogP) is 2.53. The Kier molecular flexibility index (Phi) is 2.31. The summed E-state index contributed by atoms with van der Waals surface area (Å²) in [5.74, 6) is 2.19. The topological polar surface area (TPSA) is 23.6 Å². The maximum Gasteiger partial charge on any atom is 0.149 e. The highest BCUT2D eigenvalue weighted by Gasteiger charge is 2.64. The fourth-order valence-corrected chi connectivity index (χ4v) is 6.71. The summed E-state index contributed by atoms with van der Waals surface area (Å²) in [5, 5.41) is 0. The van der Waals surface area contributed by atoms with Crippen molar-refractivity contribution in [1.29, 1.82) is 0 Å². The Bertz CT molecular complexity index is 565. The van der Waals surface area contributed by atoms with E-state index in [9.17, 15) is 4.79 Å². The molecule has 0 radical (unpaired) electrons. The molecule has 2 atom stereocenters. The van der Waals surface area contributed by atoms with Crippen LogP contribution in [0.25, 0.3) is 0 Å². The number of Topliss-reactive ketones (excluding diaryl/α,β-unsaturated/α-hetero) is 1. The second-order valence-corrected chi connectivity index (χ2v) is 9.88. The molecule has 0 aromatic rings. The maximum absolute atomic E-state index is 12.8. The molecule has 120 valence electrons. The first-order valence-electron chi connectivity index (χ1n) is 8.98. The van der Waals surface area contributed by atoms with Crippen molar-refractivity contribution in [2.45, 2.75) is 46.7 Å². The standard InChI is InChI=1S/C19H28N2O/c1-17(2)12-5-6-13(14(17)7-12)15-20-8-18(3)9-21(15)11-19(4,10-20)16(18)22/h6,12,14-15H,5,7-11H2,1-4H3. The Labute approximate surface area is 133 Å². The molecule has 0 N–H and O–H groups in total. The van der Waals surface area contributed by atoms with Gasteiger partial charge in [-0.2, -0.15) is 0 Å². The third-order valence-corrected chi connectivity index (χ3v) is 7.81. The molecule has 3 aliphatic carbocycles. The fourth-order valence-electron chi connectivity index (χ4n) is 6.71. The molecular weight excluding hydrogens is 272 g/mol. The molecule has 22 heavy (non-hydrogen) atoms. The van der Waals surface area contributed by atoms with E-state index in [0.29, 0.717) is 17.4 Å². The SMILES string of the molecule is CC12CN3CC(C)(CN(C1)C3C1=CCC3CC1C3(C)C)C2=O. The number of hydrogen-bond acceptors (Lipinski definition) is 3. The molecule has 3 heteroatoms. The van der Waals surface area contributed by atoms with Gasteiger partial charge < -0.3 is 0 Å². The molecule has 0 aromatic heterocycles. The smallest absolute Gasteiger partial charge is 0.149 e. The highest BCUT2D eigenvalue weighted by atomic mass is 16.1. The average molecular weight is 300 g/mol. The van der Waals surface area contributed by atoms with Crippen LogP contribution in [0.5, 0.6) is 0 Å². The lowest BCUT2D eigenvalue weighted by Crippen LogP contribution is -2.79. The van der Waals surface area contributed by atoms with Crippen molar-refractivity contribution < 1.29 is 4.79 Å². The first-order valence-corrected chi connectivity index (χ1v) is 8.98. The van der Waals surface area contributed by atoms with Crippen LogP contribution >= 0.6 is 0 Å². The van der Waals surface area contributed by atoms with Crippen molar-refractivity contribution in [2.75, 3.05) is 26.2 Å². The van der Waals surface area contributed by atoms with Gasteiger partial charge in [0.1, 0.15) is 5.78 Å². The van der Waals surface area contributed by atoms with Crippen molar-refractivity contribution in [3.05, 3.63) is 11.6 Å². The van der Waals surface area contributed by atoms with E-state index < -0.39 is 0 Å². The van der Waals surface area contributed by atoms with Gasteiger partial charge in [0.15, 0.2) is 0 Å². The third kappa shape index (κ3) is 1.39. The minimum Gasteiger partial charge on any atom is -0.298 e. The van der Waals surface area contributed by atoms with Crippen LogP contribution in [0.2, 0.25) is 0 Å². The van der Waals surface area contributed by atoms with Crippen LogP contribution in [-0.2, 0) is 4.79 Å². The molecule has 4 saturated heterocycles. The number of fused-ring (bicyclic) bond motifs is 2. The number of hydrogen-bond donors (Lipinski definition) is 0. The van der Waals surface area contributed by atoms with Crippen LogP contribution in [0.1, 0.15) is 40.5 Å². The van der Waals surface area contributed by atoms with Crippen molar-refractivity contribution in [3.8, 4) is 0 Å². The predicted molar refractivity (Wildman–Crippen MR) is 86.2 cm³/mol. The summed E-state index contributed by atoms with van der Waals surface area (Å²) in [5.41, 5.74) is 1.92. The lowest BCUT2D eigenvalue weighted by Gasteiger charge is -2.67. The maximum atomic E-state index is 12.8. The van der Waals surface area contributed by atoms with Crippen LogP contribution in [0.15, 0.2) is 11.6 Å². The summed E-state index contributed by atoms with van der Waals surface area (Å²) in [6.45, 7) is 13.2. The second-order valence-electron chi connectivity index (χ2n) is 9.88. The zero-order valence-electron chi connectivity index (χ0n) is 14.4. The van der Waals surface area contributed by atoms with E-state index in [1.54, 1.807) is 5.57 Å². The van der Waals surface area contributed by atoms with E-state index in [-0.39, 0.29) is 10.8 Å². The Morgan fingerprint density at radius 2 is 1.55 bits per heavy atom. The van der Waals surface area contributed by atoms with Gasteiger partial charge >= 0.3 is 0 Å². The largest absolute Gasteiger partial charge is 0.298 e. The van der Waals surface area contributed by atoms with Crippen LogP contribution in [0.4, 0.5) is 0 Å². The Hall–Kier alpha value is -0.670. The first kappa shape index (κ1) is 13.7. The van der Waals surface area contributed by atoms with Crippen LogP contribution in [-0.4, -0.2) is 47.9 Å². The zero-order chi connectivity index (χ0) is 15.5. The number of rotatable bonds is 1. The Morgan fingerprint density at radius 3 is 2.00 bits per heavy atom. The molecule has 0 spiro atoms. The minimum atomic E-state index is -0.130. The first-order chi connectivity index (χ1) is 10.2. The molecule has 0 amide bonds. The molecule has 0 aromatic carbocycles. The number of carbonyl (C=O) groups is 1. The summed E-state index contributed by atoms with van der Waals surface area (Å²) >= 11 is 0. The number of ketones is 1. The summed E-state index contributed by atoms with van der Waals surface area (Å²) in [4.78, 5) is 18.1. The normalized spacial score (nSPS) is 57.5. The molecular formula is C19H28N2O. The molecule has 6 bridgehead atoms. The molecule has 7 aliphatic rings. The van der Waals surface area contributed by atoms with Gasteiger partial charge in [0.05, 0.1) is 17.0 Å². The molecule has 7 rings (SSSR count). The van der Waals surface area contributed by atoms with E-state index in [0.717, 1.165) is 38.0 Å². The number of nitrogens with zero attached hydrogens (tertiary/aromatic N) is 2. The molecule has 2 unspecified atom stereocenters. The minimum absolute atomic E-state index is 0.130. The molecule has 4 aliphatic heterocycles. The van der Waals surface area contributed by atoms with Crippen LogP contribution in [0.3, 0.4) is 0 Å². The van der Waals surface area contributed by atoms with E-state index in [1.165, 1.54) is 12.8 Å². The van der Waals surface area contributed by atoms with Gasteiger partial charge in [-0.05, 0) is 35.7 Å². The zero-order valence-corrected chi connectivity index (χ0v) is 14.4. The van der Waals surface area contributed by atoms with Crippen molar-refractivity contribution in [3.63, 3.8) is 0 Å². The van der Waals surface area contributed by atoms with Gasteiger partial charge in [-0.3, -0.25) is 14.6 Å². The number of carbonyl (C=O) groups excluding carboxylic acids is 1. The third-order valence-electron chi connectivity index (χ3n) is 7.81. The van der Waals surface area contributed by atoms with Gasteiger partial charge in [0.25, 0.3) is 0 Å². The summed E-state index contributed by atoms with van der Waals surface area (Å²) in [6, 6.07) is 0. The second kappa shape index (κ2) is 3.70. The van der Waals surface area contributed by atoms with Gasteiger partial charge in [-0.25, -0.2) is 0 Å². The molecule has 3 nitrogen and oxygen atoms in total. The number of allylic oxidation sites excluding steroid dienone is 1. The van der Waals surface area contributed by atoms with Crippen LogP contribution < -0.4 is 0 Å². The van der Waals surface area contributed by atoms with Crippen LogP contribution in [0, 0.1) is 28.1 Å². The quantitative estimate of drug-likeness (QED) is 0.695. The summed E-state index contributed by atoms with van der Waals surface area (Å²) in [6.07, 6.45) is 5.71. The van der Waals surface area contributed by atoms with Gasteiger partial charge in [-0.15, -0.1) is 0 Å². The Balaban J connectivity index is 1.52. The average Bonchev–Trinajstić information content (AvgIpc) is 2.43. The van der Waals surface area contributed by atoms with Gasteiger partial charge in [0.2, 0.25) is 0 Å². The monoisotopic (exact) mass is 300 g/mol. The van der Waals surface area contributed by atoms with E-state index >= 15 is 0 Å². The Morgan fingerprint density at radius 1 is 1.00 bits per heavy atom. The summed E-state index contributed by atoms with van der Waals surface area (Å²) < 4.78 is 0.